The minimum absolute atomic E-state index is 0.0347. The molecular formula is C35H38ClF2N7O2. The molecule has 0 radical (unpaired) electrons. The number of benzene rings is 2. The summed E-state index contributed by atoms with van der Waals surface area (Å²) >= 11 is 6.52. The number of rotatable bonds is 7. The Kier molecular flexibility index (Phi) is 8.21. The first-order chi connectivity index (χ1) is 22.6. The first-order valence-electron chi connectivity index (χ1n) is 16.2. The molecule has 1 saturated heterocycles. The fourth-order valence-corrected chi connectivity index (χ4v) is 8.44. The molecule has 0 N–H and O–H groups in total. The van der Waals surface area contributed by atoms with Crippen molar-refractivity contribution >= 4 is 39.8 Å². The topological polar surface area (TPSA) is 69.4 Å². The third kappa shape index (κ3) is 5.65. The van der Waals surface area contributed by atoms with Gasteiger partial charge in [-0.25, -0.2) is 15.4 Å². The Morgan fingerprint density at radius 3 is 2.70 bits per heavy atom. The van der Waals surface area contributed by atoms with Gasteiger partial charge < -0.3 is 29.2 Å². The SMILES string of the molecule is [C-]#[N+]C[C@H]1CN(c2nc(O[C@@H]3CCC4(CC4)[C@H]3N(C)C)nc3c2CCN(c2cccc4ccc(F)c(Cl)c24)C3)CCN1C(=O)C(=C)F. The number of fused-ring (bicyclic) bond motifs is 2. The summed E-state index contributed by atoms with van der Waals surface area (Å²) in [5, 5.41) is 1.61. The van der Waals surface area contributed by atoms with Gasteiger partial charge >= 0.3 is 6.01 Å². The summed E-state index contributed by atoms with van der Waals surface area (Å²) in [5.74, 6) is -1.56. The maximum absolute atomic E-state index is 14.6. The van der Waals surface area contributed by atoms with E-state index in [9.17, 15) is 13.6 Å². The monoisotopic (exact) mass is 661 g/mol. The van der Waals surface area contributed by atoms with Crippen molar-refractivity contribution in [3.8, 4) is 6.01 Å². The third-order valence-electron chi connectivity index (χ3n) is 10.5. The van der Waals surface area contributed by atoms with E-state index in [0.29, 0.717) is 55.2 Å². The number of piperazine rings is 1. The van der Waals surface area contributed by atoms with Gasteiger partial charge in [0.25, 0.3) is 5.91 Å². The minimum Gasteiger partial charge on any atom is -0.458 e. The number of anilines is 2. The Labute approximate surface area is 278 Å². The van der Waals surface area contributed by atoms with Crippen LogP contribution in [0.4, 0.5) is 20.3 Å². The van der Waals surface area contributed by atoms with E-state index < -0.39 is 23.6 Å². The minimum atomic E-state index is -1.03. The molecule has 3 heterocycles. The van der Waals surface area contributed by atoms with Crippen molar-refractivity contribution in [1.82, 2.24) is 19.8 Å². The van der Waals surface area contributed by atoms with Crippen LogP contribution in [0.3, 0.4) is 0 Å². The highest BCUT2D eigenvalue weighted by molar-refractivity contribution is 6.36. The van der Waals surface area contributed by atoms with E-state index in [-0.39, 0.29) is 30.3 Å². The lowest BCUT2D eigenvalue weighted by atomic mass is 9.99. The molecule has 1 aromatic heterocycles. The van der Waals surface area contributed by atoms with Crippen LogP contribution in [0, 0.1) is 17.8 Å². The summed E-state index contributed by atoms with van der Waals surface area (Å²) in [7, 11) is 4.21. The quantitative estimate of drug-likeness (QED) is 0.239. The number of halogens is 3. The van der Waals surface area contributed by atoms with Crippen LogP contribution in [-0.2, 0) is 17.8 Å². The Balaban J connectivity index is 1.26. The highest BCUT2D eigenvalue weighted by Crippen LogP contribution is 2.59. The van der Waals surface area contributed by atoms with Gasteiger partial charge in [-0.05, 0) is 69.1 Å². The van der Waals surface area contributed by atoms with E-state index in [4.69, 9.17) is 32.9 Å². The van der Waals surface area contributed by atoms with Gasteiger partial charge in [0.15, 0.2) is 5.83 Å². The summed E-state index contributed by atoms with van der Waals surface area (Å²) in [6.07, 6.45) is 4.98. The summed E-state index contributed by atoms with van der Waals surface area (Å²) in [5.41, 5.74) is 2.90. The average Bonchev–Trinajstić information content (AvgIpc) is 3.75. The maximum Gasteiger partial charge on any atom is 0.319 e. The first kappa shape index (κ1) is 31.6. The van der Waals surface area contributed by atoms with Gasteiger partial charge in [0, 0.05) is 42.8 Å². The molecule has 9 nitrogen and oxygen atoms in total. The predicted molar refractivity (Wildman–Crippen MR) is 178 cm³/mol. The molecule has 47 heavy (non-hydrogen) atoms. The van der Waals surface area contributed by atoms with Gasteiger partial charge in [0.05, 0.1) is 23.3 Å². The number of likely N-dealkylation sites (N-methyl/N-ethyl adjacent to an activating group) is 1. The van der Waals surface area contributed by atoms with Crippen LogP contribution in [0.15, 0.2) is 42.7 Å². The van der Waals surface area contributed by atoms with E-state index in [1.807, 2.05) is 18.2 Å². The summed E-state index contributed by atoms with van der Waals surface area (Å²) in [6.45, 7) is 12.7. The van der Waals surface area contributed by atoms with Crippen molar-refractivity contribution in [3.63, 3.8) is 0 Å². The standard InChI is InChI=1S/C35H38ClF2N7O2/c1-21(37)33(46)45-17-16-44(19-23(45)18-39-2)32-24-11-15-43(27-7-5-6-22-8-9-25(38)30(36)29(22)27)20-26(24)40-34(41-32)47-28-10-12-35(13-14-35)31(28)42(3)4/h5-9,23,28,31H,1,10-20H2,3-4H3/t23-,28+,31-/m0/s1. The molecule has 2 aliphatic heterocycles. The molecule has 246 valence electrons. The number of nitrogens with zero attached hydrogens (tertiary/aromatic N) is 7. The largest absolute Gasteiger partial charge is 0.458 e. The molecule has 0 unspecified atom stereocenters. The zero-order chi connectivity index (χ0) is 33.0. The van der Waals surface area contributed by atoms with Gasteiger partial charge in [-0.2, -0.15) is 9.97 Å². The molecule has 0 bridgehead atoms. The second-order valence-electron chi connectivity index (χ2n) is 13.5. The van der Waals surface area contributed by atoms with Crippen LogP contribution in [0.2, 0.25) is 5.02 Å². The maximum atomic E-state index is 14.6. The highest BCUT2D eigenvalue weighted by Gasteiger charge is 2.58. The Bertz CT molecular complexity index is 1790. The second-order valence-corrected chi connectivity index (χ2v) is 13.9. The van der Waals surface area contributed by atoms with Crippen molar-refractivity contribution in [1.29, 1.82) is 0 Å². The van der Waals surface area contributed by atoms with Gasteiger partial charge in [-0.3, -0.25) is 4.79 Å². The van der Waals surface area contributed by atoms with Crippen LogP contribution in [0.5, 0.6) is 6.01 Å². The average molecular weight is 662 g/mol. The van der Waals surface area contributed by atoms with E-state index >= 15 is 0 Å². The number of carbonyl (C=O) groups excluding carboxylic acids is 1. The fraction of sp³-hybridized carbons (Fsp3) is 0.486. The van der Waals surface area contributed by atoms with Crippen LogP contribution in [0.1, 0.15) is 36.9 Å². The molecule has 4 aliphatic rings. The lowest BCUT2D eigenvalue weighted by molar-refractivity contribution is -0.131. The molecule has 7 rings (SSSR count). The van der Waals surface area contributed by atoms with Crippen LogP contribution in [0.25, 0.3) is 15.6 Å². The molecule has 2 aromatic carbocycles. The number of hydrogen-bond acceptors (Lipinski definition) is 7. The Morgan fingerprint density at radius 1 is 1.17 bits per heavy atom. The van der Waals surface area contributed by atoms with Crippen molar-refractivity contribution < 1.29 is 18.3 Å². The number of ether oxygens (including phenoxy) is 1. The first-order valence-corrected chi connectivity index (χ1v) is 16.6. The zero-order valence-corrected chi connectivity index (χ0v) is 27.4. The van der Waals surface area contributed by atoms with Gasteiger partial charge in [-0.1, -0.05) is 36.4 Å². The molecule has 2 aliphatic carbocycles. The second kappa shape index (κ2) is 12.2. The smallest absolute Gasteiger partial charge is 0.319 e. The highest BCUT2D eigenvalue weighted by atomic mass is 35.5. The van der Waals surface area contributed by atoms with Crippen LogP contribution in [-0.4, -0.2) is 90.7 Å². The fourth-order valence-electron chi connectivity index (χ4n) is 8.17. The molecule has 12 heteroatoms. The number of carbonyl (C=O) groups is 1. The summed E-state index contributed by atoms with van der Waals surface area (Å²) in [4.78, 5) is 34.1. The molecule has 3 atom stereocenters. The normalized spacial score (nSPS) is 23.3. The summed E-state index contributed by atoms with van der Waals surface area (Å²) < 4.78 is 35.2. The number of aromatic nitrogens is 2. The summed E-state index contributed by atoms with van der Waals surface area (Å²) in [6, 6.07) is 8.99. The molecular weight excluding hydrogens is 624 g/mol. The van der Waals surface area contributed by atoms with E-state index in [1.165, 1.54) is 23.8 Å². The molecule has 2 saturated carbocycles. The molecule has 3 fully saturated rings. The third-order valence-corrected chi connectivity index (χ3v) is 10.8. The van der Waals surface area contributed by atoms with Crippen molar-refractivity contribution in [3.05, 3.63) is 76.3 Å². The van der Waals surface area contributed by atoms with Gasteiger partial charge in [0.2, 0.25) is 6.54 Å². The zero-order valence-electron chi connectivity index (χ0n) is 26.7. The lowest BCUT2D eigenvalue weighted by Gasteiger charge is -2.41. The Hall–Kier alpha value is -4.01. The van der Waals surface area contributed by atoms with Crippen LogP contribution >= 0.6 is 11.6 Å². The van der Waals surface area contributed by atoms with Crippen LogP contribution < -0.4 is 14.5 Å². The number of amides is 1. The molecule has 1 spiro atoms. The van der Waals surface area contributed by atoms with Gasteiger partial charge in [0.1, 0.15) is 23.8 Å². The van der Waals surface area contributed by atoms with Crippen molar-refractivity contribution in [2.24, 2.45) is 5.41 Å². The molecule has 1 amide bonds. The van der Waals surface area contributed by atoms with E-state index in [0.717, 1.165) is 35.2 Å². The molecule has 3 aromatic rings. The van der Waals surface area contributed by atoms with Gasteiger partial charge in [-0.15, -0.1) is 0 Å². The van der Waals surface area contributed by atoms with Crippen molar-refractivity contribution in [2.45, 2.75) is 56.8 Å². The predicted octanol–water partition coefficient (Wildman–Crippen LogP) is 5.66. The van der Waals surface area contributed by atoms with E-state index in [2.05, 4.69) is 40.2 Å². The number of hydrogen-bond donors (Lipinski definition) is 0. The Morgan fingerprint density at radius 2 is 1.98 bits per heavy atom. The van der Waals surface area contributed by atoms with E-state index in [1.54, 1.807) is 6.07 Å². The lowest BCUT2D eigenvalue weighted by Crippen LogP contribution is -2.57. The van der Waals surface area contributed by atoms with Crippen molar-refractivity contribution in [2.75, 3.05) is 56.6 Å².